The first-order valence-electron chi connectivity index (χ1n) is 11.5. The Bertz CT molecular complexity index is 1440. The molecule has 8 heteroatoms. The Balaban J connectivity index is 1.32. The van der Waals surface area contributed by atoms with Crippen LogP contribution in [0.3, 0.4) is 0 Å². The lowest BCUT2D eigenvalue weighted by atomic mass is 10.1. The molecule has 0 radical (unpaired) electrons. The van der Waals surface area contributed by atoms with Crippen LogP contribution in [0.5, 0.6) is 5.75 Å². The molecule has 0 unspecified atom stereocenters. The van der Waals surface area contributed by atoms with Crippen molar-refractivity contribution in [3.63, 3.8) is 0 Å². The molecule has 2 aromatic heterocycles. The highest BCUT2D eigenvalue weighted by atomic mass is 16.5. The minimum Gasteiger partial charge on any atom is -0.485 e. The SMILES string of the molecule is Cc1nc(COc2ccc(C(=O)N(C)Cc3cn(-c4ccccc4)nc3-c3ccccc3)cc2)no1. The average molecular weight is 480 g/mol. The third kappa shape index (κ3) is 5.17. The Morgan fingerprint density at radius 1 is 0.972 bits per heavy atom. The predicted octanol–water partition coefficient (Wildman–Crippen LogP) is 5.08. The van der Waals surface area contributed by atoms with Gasteiger partial charge in [0, 0.05) is 43.4 Å². The van der Waals surface area contributed by atoms with E-state index in [0.717, 1.165) is 22.5 Å². The van der Waals surface area contributed by atoms with E-state index in [1.54, 1.807) is 43.1 Å². The van der Waals surface area contributed by atoms with Gasteiger partial charge in [-0.05, 0) is 36.4 Å². The summed E-state index contributed by atoms with van der Waals surface area (Å²) in [5, 5.41) is 8.65. The maximum absolute atomic E-state index is 13.2. The third-order valence-electron chi connectivity index (χ3n) is 5.65. The van der Waals surface area contributed by atoms with Gasteiger partial charge in [-0.2, -0.15) is 10.1 Å². The smallest absolute Gasteiger partial charge is 0.253 e. The summed E-state index contributed by atoms with van der Waals surface area (Å²) >= 11 is 0. The fourth-order valence-corrected chi connectivity index (χ4v) is 3.87. The number of amides is 1. The molecule has 36 heavy (non-hydrogen) atoms. The Morgan fingerprint density at radius 2 is 1.67 bits per heavy atom. The summed E-state index contributed by atoms with van der Waals surface area (Å²) in [6.07, 6.45) is 1.98. The third-order valence-corrected chi connectivity index (χ3v) is 5.65. The molecule has 0 atom stereocenters. The maximum atomic E-state index is 13.2. The molecule has 180 valence electrons. The van der Waals surface area contributed by atoms with Gasteiger partial charge in [0.2, 0.25) is 11.7 Å². The fraction of sp³-hybridized carbons (Fsp3) is 0.143. The second-order valence-corrected chi connectivity index (χ2v) is 8.35. The molecule has 5 aromatic rings. The molecule has 2 heterocycles. The van der Waals surface area contributed by atoms with Gasteiger partial charge >= 0.3 is 0 Å². The van der Waals surface area contributed by atoms with Crippen molar-refractivity contribution in [3.05, 3.63) is 114 Å². The van der Waals surface area contributed by atoms with E-state index in [9.17, 15) is 4.79 Å². The van der Waals surface area contributed by atoms with Crippen molar-refractivity contribution in [2.75, 3.05) is 7.05 Å². The zero-order chi connectivity index (χ0) is 24.9. The number of aryl methyl sites for hydroxylation is 1. The van der Waals surface area contributed by atoms with Crippen molar-refractivity contribution < 1.29 is 14.1 Å². The summed E-state index contributed by atoms with van der Waals surface area (Å²) in [6.45, 7) is 2.33. The highest BCUT2D eigenvalue weighted by Gasteiger charge is 2.18. The molecular formula is C28H25N5O3. The summed E-state index contributed by atoms with van der Waals surface area (Å²) in [5.74, 6) is 1.48. The molecule has 5 rings (SSSR count). The molecule has 0 saturated carbocycles. The van der Waals surface area contributed by atoms with Gasteiger partial charge in [-0.25, -0.2) is 4.68 Å². The predicted molar refractivity (Wildman–Crippen MR) is 135 cm³/mol. The Morgan fingerprint density at radius 3 is 2.33 bits per heavy atom. The van der Waals surface area contributed by atoms with E-state index in [-0.39, 0.29) is 12.5 Å². The minimum absolute atomic E-state index is 0.0955. The monoisotopic (exact) mass is 479 g/mol. The lowest BCUT2D eigenvalue weighted by Crippen LogP contribution is -2.26. The zero-order valence-corrected chi connectivity index (χ0v) is 20.0. The molecule has 0 aliphatic carbocycles. The standard InChI is InChI=1S/C28H25N5O3/c1-20-29-26(31-36-20)19-35-25-15-13-22(14-16-25)28(34)32(2)17-23-18-33(24-11-7-4-8-12-24)30-27(23)21-9-5-3-6-10-21/h3-16,18H,17,19H2,1-2H3. The number of carbonyl (C=O) groups is 1. The number of hydrogen-bond acceptors (Lipinski definition) is 6. The quantitative estimate of drug-likeness (QED) is 0.308. The lowest BCUT2D eigenvalue weighted by molar-refractivity contribution is 0.0785. The van der Waals surface area contributed by atoms with Crippen molar-refractivity contribution in [3.8, 4) is 22.7 Å². The topological polar surface area (TPSA) is 86.3 Å². The van der Waals surface area contributed by atoms with Gasteiger partial charge in [0.1, 0.15) is 5.75 Å². The molecule has 1 amide bonds. The largest absolute Gasteiger partial charge is 0.485 e. The van der Waals surface area contributed by atoms with Crippen molar-refractivity contribution in [2.45, 2.75) is 20.1 Å². The molecule has 8 nitrogen and oxygen atoms in total. The first-order chi connectivity index (χ1) is 17.6. The van der Waals surface area contributed by atoms with Crippen molar-refractivity contribution in [1.29, 1.82) is 0 Å². The van der Waals surface area contributed by atoms with Gasteiger partial charge in [-0.3, -0.25) is 4.79 Å². The van der Waals surface area contributed by atoms with Crippen LogP contribution in [0.2, 0.25) is 0 Å². The van der Waals surface area contributed by atoms with Crippen molar-refractivity contribution >= 4 is 5.91 Å². The Kier molecular flexibility index (Phi) is 6.57. The lowest BCUT2D eigenvalue weighted by Gasteiger charge is -2.17. The van der Waals surface area contributed by atoms with Crippen LogP contribution in [-0.2, 0) is 13.2 Å². The van der Waals surface area contributed by atoms with Crippen molar-refractivity contribution in [1.82, 2.24) is 24.8 Å². The van der Waals surface area contributed by atoms with E-state index >= 15 is 0 Å². The molecule has 0 spiro atoms. The van der Waals surface area contributed by atoms with Crippen LogP contribution in [0, 0.1) is 6.92 Å². The van der Waals surface area contributed by atoms with Crippen LogP contribution >= 0.6 is 0 Å². The number of hydrogen-bond donors (Lipinski definition) is 0. The highest BCUT2D eigenvalue weighted by molar-refractivity contribution is 5.94. The van der Waals surface area contributed by atoms with Crippen LogP contribution in [-0.4, -0.2) is 37.8 Å². The summed E-state index contributed by atoms with van der Waals surface area (Å²) in [5.41, 5.74) is 4.33. The normalized spacial score (nSPS) is 10.8. The average Bonchev–Trinajstić information content (AvgIpc) is 3.54. The number of carbonyl (C=O) groups excluding carboxylic acids is 1. The van der Waals surface area contributed by atoms with Crippen LogP contribution in [0.15, 0.2) is 95.6 Å². The van der Waals surface area contributed by atoms with Gasteiger partial charge in [-0.15, -0.1) is 0 Å². The molecular weight excluding hydrogens is 454 g/mol. The van der Waals surface area contributed by atoms with E-state index in [2.05, 4.69) is 10.1 Å². The van der Waals surface area contributed by atoms with Gasteiger partial charge in [0.15, 0.2) is 6.61 Å². The van der Waals surface area contributed by atoms with Crippen LogP contribution < -0.4 is 4.74 Å². The zero-order valence-electron chi connectivity index (χ0n) is 20.0. The summed E-state index contributed by atoms with van der Waals surface area (Å²) in [7, 11) is 1.79. The number of rotatable bonds is 8. The molecule has 0 fully saturated rings. The number of para-hydroxylation sites is 1. The van der Waals surface area contributed by atoms with E-state index in [4.69, 9.17) is 14.4 Å². The van der Waals surface area contributed by atoms with E-state index in [1.165, 1.54) is 0 Å². The van der Waals surface area contributed by atoms with E-state index in [1.807, 2.05) is 71.5 Å². The molecule has 0 saturated heterocycles. The summed E-state index contributed by atoms with van der Waals surface area (Å²) in [4.78, 5) is 19.0. The number of aromatic nitrogens is 4. The number of nitrogens with zero attached hydrogens (tertiary/aromatic N) is 5. The molecule has 0 N–H and O–H groups in total. The Hall–Kier alpha value is -4.72. The molecule has 0 bridgehead atoms. The van der Waals surface area contributed by atoms with Crippen LogP contribution in [0.1, 0.15) is 27.6 Å². The van der Waals surface area contributed by atoms with Crippen LogP contribution in [0.25, 0.3) is 16.9 Å². The first-order valence-corrected chi connectivity index (χ1v) is 11.5. The van der Waals surface area contributed by atoms with Gasteiger partial charge < -0.3 is 14.2 Å². The first kappa shape index (κ1) is 23.0. The van der Waals surface area contributed by atoms with Gasteiger partial charge in [0.25, 0.3) is 5.91 Å². The number of benzene rings is 3. The second-order valence-electron chi connectivity index (χ2n) is 8.35. The highest BCUT2D eigenvalue weighted by Crippen LogP contribution is 2.25. The van der Waals surface area contributed by atoms with Gasteiger partial charge in [0.05, 0.1) is 11.4 Å². The second kappa shape index (κ2) is 10.3. The molecule has 0 aliphatic rings. The Labute approximate surface area is 208 Å². The van der Waals surface area contributed by atoms with Gasteiger partial charge in [-0.1, -0.05) is 53.7 Å². The number of ether oxygens (including phenoxy) is 1. The maximum Gasteiger partial charge on any atom is 0.253 e. The van der Waals surface area contributed by atoms with E-state index < -0.39 is 0 Å². The molecule has 0 aliphatic heterocycles. The van der Waals surface area contributed by atoms with Crippen LogP contribution in [0.4, 0.5) is 0 Å². The molecule has 3 aromatic carbocycles. The summed E-state index contributed by atoms with van der Waals surface area (Å²) in [6, 6.07) is 27.0. The van der Waals surface area contributed by atoms with E-state index in [0.29, 0.717) is 29.6 Å². The summed E-state index contributed by atoms with van der Waals surface area (Å²) < 4.78 is 12.5. The minimum atomic E-state index is -0.0955. The fourth-order valence-electron chi connectivity index (χ4n) is 3.87. The van der Waals surface area contributed by atoms with Crippen molar-refractivity contribution in [2.24, 2.45) is 0 Å².